The maximum absolute atomic E-state index is 13.5. The van der Waals surface area contributed by atoms with Crippen LogP contribution in [0.5, 0.6) is 0 Å². The average Bonchev–Trinajstić information content (AvgIpc) is 3.42. The lowest BCUT2D eigenvalue weighted by Crippen LogP contribution is -2.56. The van der Waals surface area contributed by atoms with E-state index in [1.807, 2.05) is 68.6 Å². The number of anilines is 3. The molecule has 6 rings (SSSR count). The molecule has 0 spiro atoms. The minimum absolute atomic E-state index is 0.0984. The molecule has 1 aromatic carbocycles. The van der Waals surface area contributed by atoms with Crippen molar-refractivity contribution < 1.29 is 4.79 Å². The fourth-order valence-corrected chi connectivity index (χ4v) is 5.26. The molecule has 2 unspecified atom stereocenters. The van der Waals surface area contributed by atoms with Crippen LogP contribution in [0.4, 0.5) is 17.6 Å². The molecule has 0 radical (unpaired) electrons. The summed E-state index contributed by atoms with van der Waals surface area (Å²) in [6, 6.07) is 15.9. The summed E-state index contributed by atoms with van der Waals surface area (Å²) in [6.45, 7) is 5.37. The van der Waals surface area contributed by atoms with Gasteiger partial charge in [-0.1, -0.05) is 18.2 Å². The van der Waals surface area contributed by atoms with Gasteiger partial charge in [0.05, 0.1) is 12.1 Å². The highest BCUT2D eigenvalue weighted by Gasteiger charge is 2.43. The second kappa shape index (κ2) is 9.07. The number of benzene rings is 1. The first-order valence-electron chi connectivity index (χ1n) is 12.3. The summed E-state index contributed by atoms with van der Waals surface area (Å²) < 4.78 is 0. The molecule has 2 N–H and O–H groups in total. The van der Waals surface area contributed by atoms with Crippen molar-refractivity contribution in [2.24, 2.45) is 0 Å². The SMILES string of the molecule is Cc1cc(Nc2cc(C)[nH]n2)nc(N2CC3CCC(C2)N3C(=O)c2ccc(-c3cccnc3)cc2)n1. The maximum atomic E-state index is 13.5. The molecule has 36 heavy (non-hydrogen) atoms. The summed E-state index contributed by atoms with van der Waals surface area (Å²) in [6.07, 6.45) is 5.57. The molecule has 5 heterocycles. The first-order chi connectivity index (χ1) is 17.5. The van der Waals surface area contributed by atoms with Crippen LogP contribution in [0.15, 0.2) is 60.9 Å². The van der Waals surface area contributed by atoms with Gasteiger partial charge >= 0.3 is 0 Å². The third kappa shape index (κ3) is 4.28. The first kappa shape index (κ1) is 22.2. The lowest BCUT2D eigenvalue weighted by atomic mass is 10.0. The number of nitrogens with one attached hydrogen (secondary N) is 2. The van der Waals surface area contributed by atoms with E-state index in [1.54, 1.807) is 6.20 Å². The molecule has 182 valence electrons. The van der Waals surface area contributed by atoms with Gasteiger partial charge in [-0.15, -0.1) is 0 Å². The maximum Gasteiger partial charge on any atom is 0.254 e. The number of carbonyl (C=O) groups is 1. The van der Waals surface area contributed by atoms with Gasteiger partial charge < -0.3 is 15.1 Å². The molecule has 2 aliphatic rings. The summed E-state index contributed by atoms with van der Waals surface area (Å²) in [7, 11) is 0. The Bertz CT molecular complexity index is 1370. The monoisotopic (exact) mass is 480 g/mol. The Morgan fingerprint density at radius 3 is 2.42 bits per heavy atom. The summed E-state index contributed by atoms with van der Waals surface area (Å²) in [5, 5.41) is 10.4. The van der Waals surface area contributed by atoms with Crippen molar-refractivity contribution in [2.45, 2.75) is 38.8 Å². The quantitative estimate of drug-likeness (QED) is 0.443. The van der Waals surface area contributed by atoms with Gasteiger partial charge in [0, 0.05) is 54.6 Å². The van der Waals surface area contributed by atoms with E-state index in [1.165, 1.54) is 0 Å². The van der Waals surface area contributed by atoms with Gasteiger partial charge in [-0.2, -0.15) is 10.1 Å². The molecule has 9 nitrogen and oxygen atoms in total. The van der Waals surface area contributed by atoms with E-state index in [0.717, 1.165) is 59.8 Å². The van der Waals surface area contributed by atoms with Crippen LogP contribution < -0.4 is 10.2 Å². The number of hydrogen-bond acceptors (Lipinski definition) is 7. The summed E-state index contributed by atoms with van der Waals surface area (Å²) in [4.78, 5) is 31.5. The zero-order valence-corrected chi connectivity index (χ0v) is 20.3. The van der Waals surface area contributed by atoms with Gasteiger partial charge in [-0.25, -0.2) is 4.98 Å². The van der Waals surface area contributed by atoms with Gasteiger partial charge in [0.15, 0.2) is 5.82 Å². The number of carbonyl (C=O) groups excluding carboxylic acids is 1. The number of rotatable bonds is 5. The summed E-state index contributed by atoms with van der Waals surface area (Å²) in [5.41, 5.74) is 4.68. The predicted octanol–water partition coefficient (Wildman–Crippen LogP) is 4.12. The van der Waals surface area contributed by atoms with Crippen molar-refractivity contribution in [1.29, 1.82) is 0 Å². The van der Waals surface area contributed by atoms with Crippen molar-refractivity contribution in [2.75, 3.05) is 23.3 Å². The second-order valence-corrected chi connectivity index (χ2v) is 9.58. The Labute approximate surface area is 209 Å². The third-order valence-corrected chi connectivity index (χ3v) is 6.93. The Morgan fingerprint density at radius 2 is 1.75 bits per heavy atom. The summed E-state index contributed by atoms with van der Waals surface area (Å²) in [5.74, 6) is 2.22. The number of aryl methyl sites for hydroxylation is 2. The molecule has 2 saturated heterocycles. The molecule has 2 atom stereocenters. The van der Waals surface area contributed by atoms with Crippen LogP contribution in [0.25, 0.3) is 11.1 Å². The van der Waals surface area contributed by atoms with Crippen molar-refractivity contribution >= 4 is 23.5 Å². The van der Waals surface area contributed by atoms with E-state index >= 15 is 0 Å². The fourth-order valence-electron chi connectivity index (χ4n) is 5.26. The van der Waals surface area contributed by atoms with E-state index < -0.39 is 0 Å². The molecule has 2 fully saturated rings. The van der Waals surface area contributed by atoms with E-state index in [-0.39, 0.29) is 18.0 Å². The molecule has 4 aromatic rings. The lowest BCUT2D eigenvalue weighted by molar-refractivity contribution is 0.0640. The number of H-pyrrole nitrogens is 1. The van der Waals surface area contributed by atoms with Crippen molar-refractivity contribution in [3.8, 4) is 11.1 Å². The predicted molar refractivity (Wildman–Crippen MR) is 138 cm³/mol. The highest BCUT2D eigenvalue weighted by molar-refractivity contribution is 5.95. The van der Waals surface area contributed by atoms with Crippen LogP contribution in [-0.2, 0) is 0 Å². The number of nitrogens with zero attached hydrogens (tertiary/aromatic N) is 6. The minimum atomic E-state index is 0.0984. The van der Waals surface area contributed by atoms with Gasteiger partial charge in [0.25, 0.3) is 5.91 Å². The Morgan fingerprint density at radius 1 is 0.972 bits per heavy atom. The lowest BCUT2D eigenvalue weighted by Gasteiger charge is -2.41. The smallest absolute Gasteiger partial charge is 0.254 e. The van der Waals surface area contributed by atoms with E-state index in [2.05, 4.69) is 30.3 Å². The number of aromatic amines is 1. The van der Waals surface area contributed by atoms with Gasteiger partial charge in [0.1, 0.15) is 5.82 Å². The van der Waals surface area contributed by atoms with Crippen LogP contribution >= 0.6 is 0 Å². The van der Waals surface area contributed by atoms with Crippen molar-refractivity contribution in [1.82, 2.24) is 30.0 Å². The van der Waals surface area contributed by atoms with Crippen LogP contribution in [0.1, 0.15) is 34.6 Å². The van der Waals surface area contributed by atoms with E-state index in [9.17, 15) is 4.79 Å². The van der Waals surface area contributed by atoms with E-state index in [4.69, 9.17) is 9.97 Å². The number of piperazine rings is 1. The number of amides is 1. The highest BCUT2D eigenvalue weighted by Crippen LogP contribution is 2.34. The average molecular weight is 481 g/mol. The zero-order chi connectivity index (χ0) is 24.6. The number of pyridine rings is 1. The van der Waals surface area contributed by atoms with Crippen molar-refractivity contribution in [3.05, 3.63) is 77.9 Å². The highest BCUT2D eigenvalue weighted by atomic mass is 16.2. The standard InChI is InChI=1S/C27H28N8O/c1-17-12-24(30-25-13-18(2)32-33-25)31-27(29-17)34-15-22-9-10-23(16-34)35(22)26(36)20-7-5-19(6-8-20)21-4-3-11-28-14-21/h3-8,11-14,22-23H,9-10,15-16H2,1-2H3,(H2,29,30,31,32,33). The van der Waals surface area contributed by atoms with E-state index in [0.29, 0.717) is 11.8 Å². The number of fused-ring (bicyclic) bond motifs is 2. The van der Waals surface area contributed by atoms with Crippen LogP contribution in [0.3, 0.4) is 0 Å². The molecular weight excluding hydrogens is 452 g/mol. The molecule has 3 aromatic heterocycles. The molecule has 9 heteroatoms. The Kier molecular flexibility index (Phi) is 5.59. The molecule has 1 amide bonds. The minimum Gasteiger partial charge on any atom is -0.337 e. The number of hydrogen-bond donors (Lipinski definition) is 2. The largest absolute Gasteiger partial charge is 0.337 e. The van der Waals surface area contributed by atoms with Crippen LogP contribution in [0, 0.1) is 13.8 Å². The van der Waals surface area contributed by atoms with Crippen molar-refractivity contribution in [3.63, 3.8) is 0 Å². The third-order valence-electron chi connectivity index (χ3n) is 6.93. The summed E-state index contributed by atoms with van der Waals surface area (Å²) >= 11 is 0. The Balaban J connectivity index is 1.18. The van der Waals surface area contributed by atoms with Crippen LogP contribution in [0.2, 0.25) is 0 Å². The molecule has 0 aliphatic carbocycles. The number of aromatic nitrogens is 5. The van der Waals surface area contributed by atoms with Gasteiger partial charge in [-0.05, 0) is 56.0 Å². The van der Waals surface area contributed by atoms with Crippen LogP contribution in [-0.4, -0.2) is 61.1 Å². The topological polar surface area (TPSA) is 103 Å². The first-order valence-corrected chi connectivity index (χ1v) is 12.3. The molecule has 2 bridgehead atoms. The fraction of sp³-hybridized carbons (Fsp3) is 0.296. The molecule has 2 aliphatic heterocycles. The zero-order valence-electron chi connectivity index (χ0n) is 20.3. The van der Waals surface area contributed by atoms with Gasteiger partial charge in [0.2, 0.25) is 5.95 Å². The van der Waals surface area contributed by atoms with Gasteiger partial charge in [-0.3, -0.25) is 14.9 Å². The normalized spacial score (nSPS) is 18.9. The molecular formula is C27H28N8O. The molecule has 0 saturated carbocycles. The second-order valence-electron chi connectivity index (χ2n) is 9.58. The Hall–Kier alpha value is -4.27.